The highest BCUT2D eigenvalue weighted by Crippen LogP contribution is 2.46. The summed E-state index contributed by atoms with van der Waals surface area (Å²) in [5.74, 6) is 0. The molecule has 4 nitrogen and oxygen atoms in total. The van der Waals surface area contributed by atoms with E-state index in [2.05, 4.69) is 10.8 Å². The third-order valence-electron chi connectivity index (χ3n) is 2.54. The minimum atomic E-state index is -0.473. The van der Waals surface area contributed by atoms with Gasteiger partial charge in [0.15, 0.2) is 0 Å². The van der Waals surface area contributed by atoms with Crippen LogP contribution >= 0.6 is 10.9 Å². The zero-order valence-corrected chi connectivity index (χ0v) is 9.65. The standard InChI is InChI=1S/C11H12N2O2S/c1-8-10(16-6-2-3-7-16)5-4-9(11(8)12)13(14)15/h2-7,16H,12H2,1H3. The fraction of sp³-hybridized carbons (Fsp3) is 0.0909. The molecule has 1 aliphatic rings. The van der Waals surface area contributed by atoms with Crippen LogP contribution in [0.15, 0.2) is 40.0 Å². The van der Waals surface area contributed by atoms with E-state index in [-0.39, 0.29) is 11.4 Å². The number of benzene rings is 1. The number of nitrogens with zero attached hydrogens (tertiary/aromatic N) is 1. The van der Waals surface area contributed by atoms with E-state index < -0.39 is 15.8 Å². The lowest BCUT2D eigenvalue weighted by atomic mass is 10.2. The normalized spacial score (nSPS) is 15.7. The molecule has 0 aliphatic carbocycles. The van der Waals surface area contributed by atoms with Crippen molar-refractivity contribution >= 4 is 22.3 Å². The molecule has 0 aromatic heterocycles. The Balaban J connectivity index is 2.50. The van der Waals surface area contributed by atoms with Gasteiger partial charge in [-0.05, 0) is 34.3 Å². The van der Waals surface area contributed by atoms with Crippen molar-refractivity contribution in [3.8, 4) is 0 Å². The van der Waals surface area contributed by atoms with Crippen LogP contribution in [0.4, 0.5) is 11.4 Å². The number of hydrogen-bond acceptors (Lipinski definition) is 3. The first-order valence-electron chi connectivity index (χ1n) is 4.78. The Morgan fingerprint density at radius 3 is 2.50 bits per heavy atom. The second kappa shape index (κ2) is 4.02. The number of anilines is 1. The van der Waals surface area contributed by atoms with Gasteiger partial charge in [-0.3, -0.25) is 10.1 Å². The van der Waals surface area contributed by atoms with Gasteiger partial charge in [-0.2, -0.15) is 10.9 Å². The summed E-state index contributed by atoms with van der Waals surface area (Å²) in [5, 5.41) is 14.9. The Bertz CT molecular complexity index is 497. The highest BCUT2D eigenvalue weighted by atomic mass is 32.2. The summed E-state index contributed by atoms with van der Waals surface area (Å²) in [5.41, 5.74) is 6.85. The van der Waals surface area contributed by atoms with Crippen molar-refractivity contribution in [1.82, 2.24) is 0 Å². The minimum Gasteiger partial charge on any atom is -0.393 e. The van der Waals surface area contributed by atoms with Crippen LogP contribution in [0.25, 0.3) is 0 Å². The van der Waals surface area contributed by atoms with Crippen molar-refractivity contribution in [2.24, 2.45) is 0 Å². The summed E-state index contributed by atoms with van der Waals surface area (Å²) in [4.78, 5) is 11.4. The summed E-state index contributed by atoms with van der Waals surface area (Å²) < 4.78 is 0. The monoisotopic (exact) mass is 236 g/mol. The summed E-state index contributed by atoms with van der Waals surface area (Å²) in [6.07, 6.45) is 3.98. The van der Waals surface area contributed by atoms with Gasteiger partial charge < -0.3 is 5.73 Å². The van der Waals surface area contributed by atoms with E-state index in [0.29, 0.717) is 0 Å². The fourth-order valence-corrected chi connectivity index (χ4v) is 3.38. The fourth-order valence-electron chi connectivity index (χ4n) is 1.64. The Morgan fingerprint density at radius 2 is 1.94 bits per heavy atom. The predicted molar refractivity (Wildman–Crippen MR) is 67.8 cm³/mol. The molecule has 0 saturated heterocycles. The number of nitro benzene ring substituents is 1. The number of allylic oxidation sites excluding steroid dienone is 2. The van der Waals surface area contributed by atoms with Gasteiger partial charge in [0.25, 0.3) is 5.69 Å². The molecule has 5 heteroatoms. The maximum atomic E-state index is 10.7. The lowest BCUT2D eigenvalue weighted by Crippen LogP contribution is -1.99. The minimum absolute atomic E-state index is 0.0107. The number of rotatable bonds is 2. The van der Waals surface area contributed by atoms with E-state index in [9.17, 15) is 10.1 Å². The van der Waals surface area contributed by atoms with Crippen LogP contribution < -0.4 is 5.73 Å². The third kappa shape index (κ3) is 1.69. The summed E-state index contributed by atoms with van der Waals surface area (Å²) in [6.45, 7) is 1.83. The topological polar surface area (TPSA) is 69.2 Å². The molecule has 84 valence electrons. The highest BCUT2D eigenvalue weighted by Gasteiger charge is 2.17. The number of nitrogen functional groups attached to an aromatic ring is 1. The van der Waals surface area contributed by atoms with Gasteiger partial charge >= 0.3 is 0 Å². The van der Waals surface area contributed by atoms with Gasteiger partial charge in [0.1, 0.15) is 5.69 Å². The summed E-state index contributed by atoms with van der Waals surface area (Å²) >= 11 is 0. The van der Waals surface area contributed by atoms with Crippen LogP contribution in [0.5, 0.6) is 0 Å². The molecule has 2 rings (SSSR count). The van der Waals surface area contributed by atoms with E-state index in [1.165, 1.54) is 6.07 Å². The first-order chi connectivity index (χ1) is 7.61. The molecule has 0 unspecified atom stereocenters. The van der Waals surface area contributed by atoms with E-state index in [1.807, 2.05) is 19.1 Å². The molecule has 0 spiro atoms. The van der Waals surface area contributed by atoms with Crippen molar-refractivity contribution in [3.63, 3.8) is 0 Å². The Hall–Kier alpha value is -1.75. The smallest absolute Gasteiger partial charge is 0.292 e. The second-order valence-electron chi connectivity index (χ2n) is 3.49. The third-order valence-corrected chi connectivity index (χ3v) is 4.57. The molecule has 0 bridgehead atoms. The van der Waals surface area contributed by atoms with Crippen molar-refractivity contribution < 1.29 is 4.92 Å². The number of thiol groups is 1. The quantitative estimate of drug-likeness (QED) is 0.359. The summed E-state index contributed by atoms with van der Waals surface area (Å²) in [7, 11) is -0.473. The predicted octanol–water partition coefficient (Wildman–Crippen LogP) is 2.89. The van der Waals surface area contributed by atoms with Crippen molar-refractivity contribution in [1.29, 1.82) is 0 Å². The maximum Gasteiger partial charge on any atom is 0.292 e. The maximum absolute atomic E-state index is 10.7. The van der Waals surface area contributed by atoms with E-state index >= 15 is 0 Å². The highest BCUT2D eigenvalue weighted by molar-refractivity contribution is 8.22. The number of hydrogen-bond donors (Lipinski definition) is 2. The van der Waals surface area contributed by atoms with Crippen molar-refractivity contribution in [2.45, 2.75) is 11.8 Å². The average Bonchev–Trinajstić information content (AvgIpc) is 2.74. The zero-order chi connectivity index (χ0) is 11.7. The van der Waals surface area contributed by atoms with E-state index in [1.54, 1.807) is 6.07 Å². The Labute approximate surface area is 96.0 Å². The Kier molecular flexibility index (Phi) is 2.70. The van der Waals surface area contributed by atoms with Gasteiger partial charge in [-0.15, -0.1) is 0 Å². The van der Waals surface area contributed by atoms with Gasteiger partial charge in [-0.25, -0.2) is 0 Å². The van der Waals surface area contributed by atoms with Crippen molar-refractivity contribution in [2.75, 3.05) is 5.73 Å². The molecule has 0 amide bonds. The van der Waals surface area contributed by atoms with Crippen LogP contribution in [0.1, 0.15) is 5.56 Å². The first kappa shape index (κ1) is 10.8. The molecule has 0 radical (unpaired) electrons. The Morgan fingerprint density at radius 1 is 1.31 bits per heavy atom. The average molecular weight is 236 g/mol. The lowest BCUT2D eigenvalue weighted by Gasteiger charge is -2.15. The van der Waals surface area contributed by atoms with Gasteiger partial charge in [0.2, 0.25) is 0 Å². The van der Waals surface area contributed by atoms with Crippen LogP contribution in [0, 0.1) is 17.0 Å². The van der Waals surface area contributed by atoms with Crippen molar-refractivity contribution in [3.05, 3.63) is 50.8 Å². The molecular formula is C11H12N2O2S. The lowest BCUT2D eigenvalue weighted by molar-refractivity contribution is -0.384. The molecule has 1 heterocycles. The zero-order valence-electron chi connectivity index (χ0n) is 8.75. The van der Waals surface area contributed by atoms with E-state index in [0.717, 1.165) is 10.5 Å². The largest absolute Gasteiger partial charge is 0.393 e. The molecular weight excluding hydrogens is 224 g/mol. The molecule has 0 atom stereocenters. The molecule has 0 saturated carbocycles. The van der Waals surface area contributed by atoms with Crippen LogP contribution in [-0.4, -0.2) is 4.92 Å². The number of nitrogens with two attached hydrogens (primary N) is 1. The molecule has 0 fully saturated rings. The molecule has 16 heavy (non-hydrogen) atoms. The van der Waals surface area contributed by atoms with Crippen LogP contribution in [-0.2, 0) is 0 Å². The first-order valence-corrected chi connectivity index (χ1v) is 6.26. The number of nitro groups is 1. The van der Waals surface area contributed by atoms with Gasteiger partial charge in [0.05, 0.1) is 4.92 Å². The molecule has 2 N–H and O–H groups in total. The van der Waals surface area contributed by atoms with Crippen LogP contribution in [0.3, 0.4) is 0 Å². The second-order valence-corrected chi connectivity index (χ2v) is 5.38. The molecule has 1 aliphatic heterocycles. The van der Waals surface area contributed by atoms with Gasteiger partial charge in [-0.1, -0.05) is 12.2 Å². The SMILES string of the molecule is Cc1c([SH]2C=CC=C2)ccc([N+](=O)[O-])c1N. The summed E-state index contributed by atoms with van der Waals surface area (Å²) in [6, 6.07) is 3.29. The van der Waals surface area contributed by atoms with E-state index in [4.69, 9.17) is 5.73 Å². The molecule has 1 aromatic rings. The van der Waals surface area contributed by atoms with Crippen LogP contribution in [0.2, 0.25) is 0 Å². The van der Waals surface area contributed by atoms with Gasteiger partial charge in [0, 0.05) is 6.07 Å². The molecule has 1 aromatic carbocycles.